The highest BCUT2D eigenvalue weighted by atomic mass is 16.5. The predicted molar refractivity (Wildman–Crippen MR) is 103 cm³/mol. The van der Waals surface area contributed by atoms with E-state index in [2.05, 4.69) is 28.4 Å². The van der Waals surface area contributed by atoms with Crippen LogP contribution < -0.4 is 10.1 Å². The second-order valence-electron chi connectivity index (χ2n) is 8.48. The first-order valence-corrected chi connectivity index (χ1v) is 10.5. The molecule has 3 fully saturated rings. The molecule has 142 valence electrons. The van der Waals surface area contributed by atoms with Crippen molar-refractivity contribution >= 4 is 5.91 Å². The normalized spacial score (nSPS) is 22.8. The van der Waals surface area contributed by atoms with Crippen molar-refractivity contribution in [1.29, 1.82) is 0 Å². The van der Waals surface area contributed by atoms with Crippen LogP contribution in [0.1, 0.15) is 56.9 Å². The average Bonchev–Trinajstić information content (AvgIpc) is 3.33. The van der Waals surface area contributed by atoms with Crippen molar-refractivity contribution in [2.24, 2.45) is 5.41 Å². The topological polar surface area (TPSA) is 41.6 Å². The largest absolute Gasteiger partial charge is 0.490 e. The van der Waals surface area contributed by atoms with E-state index >= 15 is 0 Å². The van der Waals surface area contributed by atoms with Crippen LogP contribution in [0.4, 0.5) is 0 Å². The van der Waals surface area contributed by atoms with Crippen molar-refractivity contribution in [1.82, 2.24) is 10.2 Å². The molecule has 1 aliphatic carbocycles. The molecule has 1 aromatic carbocycles. The molecule has 2 aliphatic heterocycles. The van der Waals surface area contributed by atoms with Gasteiger partial charge in [-0.25, -0.2) is 0 Å². The molecule has 26 heavy (non-hydrogen) atoms. The predicted octanol–water partition coefficient (Wildman–Crippen LogP) is 3.54. The van der Waals surface area contributed by atoms with E-state index in [0.717, 1.165) is 51.2 Å². The molecule has 1 aromatic rings. The number of likely N-dealkylation sites (tertiary alicyclic amines) is 1. The first kappa shape index (κ1) is 17.8. The smallest absolute Gasteiger partial charge is 0.222 e. The third kappa shape index (κ3) is 4.22. The van der Waals surface area contributed by atoms with E-state index in [0.29, 0.717) is 23.8 Å². The van der Waals surface area contributed by atoms with Crippen molar-refractivity contribution in [2.75, 3.05) is 26.2 Å². The Labute approximate surface area is 157 Å². The van der Waals surface area contributed by atoms with Crippen LogP contribution in [0, 0.1) is 5.41 Å². The quantitative estimate of drug-likeness (QED) is 0.877. The summed E-state index contributed by atoms with van der Waals surface area (Å²) in [6.45, 7) is 4.16. The zero-order valence-corrected chi connectivity index (χ0v) is 15.8. The van der Waals surface area contributed by atoms with Crippen molar-refractivity contribution in [3.8, 4) is 5.75 Å². The van der Waals surface area contributed by atoms with E-state index in [1.165, 1.54) is 37.7 Å². The highest BCUT2D eigenvalue weighted by Crippen LogP contribution is 2.37. The lowest BCUT2D eigenvalue weighted by Crippen LogP contribution is -2.44. The van der Waals surface area contributed by atoms with Gasteiger partial charge in [-0.05, 0) is 81.0 Å². The average molecular weight is 357 g/mol. The summed E-state index contributed by atoms with van der Waals surface area (Å²) in [6.07, 6.45) is 10.3. The third-order valence-corrected chi connectivity index (χ3v) is 6.64. The maximum absolute atomic E-state index is 12.6. The van der Waals surface area contributed by atoms with Gasteiger partial charge < -0.3 is 15.0 Å². The summed E-state index contributed by atoms with van der Waals surface area (Å²) in [5.74, 6) is 1.28. The molecular weight excluding hydrogens is 324 g/mol. The molecule has 4 heteroatoms. The van der Waals surface area contributed by atoms with Crippen molar-refractivity contribution < 1.29 is 9.53 Å². The number of rotatable bonds is 5. The molecule has 1 amide bonds. The Hall–Kier alpha value is -1.55. The molecule has 2 saturated heterocycles. The third-order valence-electron chi connectivity index (χ3n) is 6.64. The van der Waals surface area contributed by atoms with Gasteiger partial charge in [0.15, 0.2) is 0 Å². The van der Waals surface area contributed by atoms with Gasteiger partial charge >= 0.3 is 0 Å². The standard InChI is InChI=1S/C22H32N2O2/c25-21(24-14-11-22(12-15-24)10-13-23-17-22)9-8-18-4-3-7-20(16-18)26-19-5-1-2-6-19/h3-4,7,16,19,23H,1-2,5-6,8-15,17H2. The highest BCUT2D eigenvalue weighted by Gasteiger charge is 2.37. The van der Waals surface area contributed by atoms with Crippen LogP contribution in [0.5, 0.6) is 5.75 Å². The number of benzene rings is 1. The summed E-state index contributed by atoms with van der Waals surface area (Å²) in [5.41, 5.74) is 1.69. The van der Waals surface area contributed by atoms with Gasteiger partial charge in [0.25, 0.3) is 0 Å². The Bertz CT molecular complexity index is 608. The molecule has 4 rings (SSSR count). The van der Waals surface area contributed by atoms with Gasteiger partial charge in [-0.3, -0.25) is 4.79 Å². The fourth-order valence-corrected chi connectivity index (χ4v) is 4.84. The lowest BCUT2D eigenvalue weighted by Gasteiger charge is -2.39. The van der Waals surface area contributed by atoms with Gasteiger partial charge in [0.1, 0.15) is 5.75 Å². The monoisotopic (exact) mass is 356 g/mol. The lowest BCUT2D eigenvalue weighted by atomic mass is 9.78. The Morgan fingerprint density at radius 3 is 2.73 bits per heavy atom. The van der Waals surface area contributed by atoms with Gasteiger partial charge in [0.2, 0.25) is 5.91 Å². The molecule has 0 bridgehead atoms. The number of nitrogens with zero attached hydrogens (tertiary/aromatic N) is 1. The van der Waals surface area contributed by atoms with Crippen LogP contribution in [0.2, 0.25) is 0 Å². The van der Waals surface area contributed by atoms with Crippen LogP contribution in [-0.4, -0.2) is 43.1 Å². The number of carbonyl (C=O) groups is 1. The van der Waals surface area contributed by atoms with E-state index in [4.69, 9.17) is 4.74 Å². The van der Waals surface area contributed by atoms with Crippen molar-refractivity contribution in [2.45, 2.75) is 63.9 Å². The summed E-state index contributed by atoms with van der Waals surface area (Å²) in [4.78, 5) is 14.7. The molecule has 3 aliphatic rings. The van der Waals surface area contributed by atoms with Crippen LogP contribution in [0.3, 0.4) is 0 Å². The van der Waals surface area contributed by atoms with E-state index < -0.39 is 0 Å². The minimum absolute atomic E-state index is 0.313. The summed E-state index contributed by atoms with van der Waals surface area (Å²) >= 11 is 0. The molecule has 0 aromatic heterocycles. The maximum atomic E-state index is 12.6. The maximum Gasteiger partial charge on any atom is 0.222 e. The van der Waals surface area contributed by atoms with Gasteiger partial charge in [0, 0.05) is 26.1 Å². The zero-order chi connectivity index (χ0) is 17.8. The number of aryl methyl sites for hydroxylation is 1. The Morgan fingerprint density at radius 1 is 1.19 bits per heavy atom. The number of hydrogen-bond acceptors (Lipinski definition) is 3. The summed E-state index contributed by atoms with van der Waals surface area (Å²) in [6, 6.07) is 8.34. The van der Waals surface area contributed by atoms with Gasteiger partial charge in [-0.15, -0.1) is 0 Å². The number of nitrogens with one attached hydrogen (secondary N) is 1. The molecule has 0 radical (unpaired) electrons. The molecule has 2 heterocycles. The SMILES string of the molecule is O=C(CCc1cccc(OC2CCCC2)c1)N1CCC2(CCNC2)CC1. The molecular formula is C22H32N2O2. The van der Waals surface area contributed by atoms with Crippen LogP contribution in [0.25, 0.3) is 0 Å². The molecule has 0 atom stereocenters. The van der Waals surface area contributed by atoms with E-state index in [9.17, 15) is 4.79 Å². The first-order valence-electron chi connectivity index (χ1n) is 10.5. The number of piperidine rings is 1. The second-order valence-corrected chi connectivity index (χ2v) is 8.48. The van der Waals surface area contributed by atoms with Gasteiger partial charge in [-0.1, -0.05) is 12.1 Å². The lowest BCUT2D eigenvalue weighted by molar-refractivity contribution is -0.133. The molecule has 1 spiro atoms. The number of hydrogen-bond donors (Lipinski definition) is 1. The zero-order valence-electron chi connectivity index (χ0n) is 15.8. The first-order chi connectivity index (χ1) is 12.7. The number of carbonyl (C=O) groups excluding carboxylic acids is 1. The Kier molecular flexibility index (Phi) is 5.49. The highest BCUT2D eigenvalue weighted by molar-refractivity contribution is 5.76. The Balaban J connectivity index is 1.25. The fourth-order valence-electron chi connectivity index (χ4n) is 4.84. The minimum atomic E-state index is 0.313. The van der Waals surface area contributed by atoms with Gasteiger partial charge in [-0.2, -0.15) is 0 Å². The van der Waals surface area contributed by atoms with Crippen LogP contribution in [-0.2, 0) is 11.2 Å². The van der Waals surface area contributed by atoms with Crippen LogP contribution >= 0.6 is 0 Å². The number of ether oxygens (including phenoxy) is 1. The summed E-state index contributed by atoms with van der Waals surface area (Å²) in [7, 11) is 0. The van der Waals surface area contributed by atoms with E-state index in [-0.39, 0.29) is 0 Å². The Morgan fingerprint density at radius 2 is 2.00 bits per heavy atom. The second kappa shape index (κ2) is 7.99. The van der Waals surface area contributed by atoms with Gasteiger partial charge in [0.05, 0.1) is 6.10 Å². The summed E-state index contributed by atoms with van der Waals surface area (Å²) < 4.78 is 6.09. The minimum Gasteiger partial charge on any atom is -0.490 e. The summed E-state index contributed by atoms with van der Waals surface area (Å²) in [5, 5.41) is 3.49. The van der Waals surface area contributed by atoms with Crippen molar-refractivity contribution in [3.63, 3.8) is 0 Å². The fraction of sp³-hybridized carbons (Fsp3) is 0.682. The number of amides is 1. The van der Waals surface area contributed by atoms with Crippen molar-refractivity contribution in [3.05, 3.63) is 29.8 Å². The molecule has 1 saturated carbocycles. The molecule has 1 N–H and O–H groups in total. The van der Waals surface area contributed by atoms with E-state index in [1.807, 2.05) is 6.07 Å². The molecule has 0 unspecified atom stereocenters. The van der Waals surface area contributed by atoms with E-state index in [1.54, 1.807) is 0 Å². The molecule has 4 nitrogen and oxygen atoms in total. The van der Waals surface area contributed by atoms with Crippen LogP contribution in [0.15, 0.2) is 24.3 Å².